The predicted molar refractivity (Wildman–Crippen MR) is 188 cm³/mol. The van der Waals surface area contributed by atoms with Gasteiger partial charge in [0.1, 0.15) is 12.4 Å². The second-order valence-corrected chi connectivity index (χ2v) is 17.0. The molecule has 4 fully saturated rings. The van der Waals surface area contributed by atoms with Crippen molar-refractivity contribution in [2.24, 2.45) is 23.7 Å². The summed E-state index contributed by atoms with van der Waals surface area (Å²) in [4.78, 5) is 27.1. The number of amides is 1. The monoisotopic (exact) mass is 671 g/mol. The van der Waals surface area contributed by atoms with Gasteiger partial charge in [-0.15, -0.1) is 0 Å². The van der Waals surface area contributed by atoms with E-state index in [9.17, 15) is 9.59 Å². The summed E-state index contributed by atoms with van der Waals surface area (Å²) >= 11 is 0. The van der Waals surface area contributed by atoms with E-state index in [0.717, 1.165) is 43.2 Å². The van der Waals surface area contributed by atoms with Crippen LogP contribution in [-0.2, 0) is 42.8 Å². The molecule has 0 radical (unpaired) electrons. The lowest BCUT2D eigenvalue weighted by atomic mass is 9.54. The van der Waals surface area contributed by atoms with Gasteiger partial charge in [-0.2, -0.15) is 0 Å². The van der Waals surface area contributed by atoms with Crippen molar-refractivity contribution in [3.05, 3.63) is 108 Å². The van der Waals surface area contributed by atoms with E-state index >= 15 is 4.57 Å². The van der Waals surface area contributed by atoms with Gasteiger partial charge in [0.2, 0.25) is 7.37 Å². The number of alkyl carbamates (subject to hydrolysis) is 1. The summed E-state index contributed by atoms with van der Waals surface area (Å²) in [6, 6.07) is 29.5. The average molecular weight is 672 g/mol. The number of carbonyl (C=O) groups excluding carboxylic acids is 2. The van der Waals surface area contributed by atoms with E-state index in [1.165, 1.54) is 24.8 Å². The van der Waals surface area contributed by atoms with Gasteiger partial charge in [0.15, 0.2) is 0 Å². The third-order valence-electron chi connectivity index (χ3n) is 10.5. The molecule has 7 nitrogen and oxygen atoms in total. The Balaban J connectivity index is 1.30. The van der Waals surface area contributed by atoms with Gasteiger partial charge < -0.3 is 19.3 Å². The highest BCUT2D eigenvalue weighted by molar-refractivity contribution is 7.59. The van der Waals surface area contributed by atoms with Crippen LogP contribution < -0.4 is 5.32 Å². The van der Waals surface area contributed by atoms with Gasteiger partial charge in [-0.1, -0.05) is 91.0 Å². The van der Waals surface area contributed by atoms with Gasteiger partial charge in [-0.3, -0.25) is 9.36 Å². The SMILES string of the molecule is CCOC(=O)C(CCCc1ccccc1)CP(=O)(OC12CC3CC(CC(C3)C1)C2)C(Cc1ccccc1)NC(=O)OCc1ccccc1. The molecule has 8 heteroatoms. The zero-order valence-corrected chi connectivity index (χ0v) is 29.0. The predicted octanol–water partition coefficient (Wildman–Crippen LogP) is 8.95. The first-order valence-electron chi connectivity index (χ1n) is 17.8. The van der Waals surface area contributed by atoms with Crippen LogP contribution in [0.1, 0.15) is 75.0 Å². The molecule has 256 valence electrons. The molecule has 0 aliphatic heterocycles. The maximum Gasteiger partial charge on any atom is 0.408 e. The molecule has 0 saturated heterocycles. The summed E-state index contributed by atoms with van der Waals surface area (Å²) < 4.78 is 34.3. The minimum absolute atomic E-state index is 0.0127. The second kappa shape index (κ2) is 15.9. The number of ether oxygens (including phenoxy) is 2. The minimum Gasteiger partial charge on any atom is -0.466 e. The number of nitrogens with one attached hydrogen (secondary N) is 1. The zero-order valence-electron chi connectivity index (χ0n) is 28.1. The Bertz CT molecular complexity index is 1500. The van der Waals surface area contributed by atoms with Crippen LogP contribution in [0, 0.1) is 23.7 Å². The van der Waals surface area contributed by atoms with E-state index in [1.807, 2.05) is 78.9 Å². The summed E-state index contributed by atoms with van der Waals surface area (Å²) in [6.45, 7) is 2.13. The molecular weight excluding hydrogens is 621 g/mol. The van der Waals surface area contributed by atoms with Crippen molar-refractivity contribution >= 4 is 19.4 Å². The number of rotatable bonds is 16. The summed E-state index contributed by atoms with van der Waals surface area (Å²) in [7, 11) is -3.75. The first-order chi connectivity index (χ1) is 23.3. The molecular formula is C40H50NO6P. The standard InChI is InChI=1S/C40H50NO6P/c1-2-45-38(42)36(20-12-19-30-13-6-3-7-14-30)29-48(44,47-40-25-33-21-34(26-40)23-35(22-33)27-40)37(24-31-15-8-4-9-16-31)41-39(43)46-28-32-17-10-5-11-18-32/h3-11,13-18,33-37H,2,12,19-29H2,1H3,(H,41,43). The van der Waals surface area contributed by atoms with E-state index in [0.29, 0.717) is 30.6 Å². The minimum atomic E-state index is -3.75. The Morgan fingerprint density at radius 2 is 1.33 bits per heavy atom. The van der Waals surface area contributed by atoms with Crippen LogP contribution in [0.4, 0.5) is 4.79 Å². The highest BCUT2D eigenvalue weighted by Gasteiger charge is 2.55. The van der Waals surface area contributed by atoms with E-state index in [4.69, 9.17) is 14.0 Å². The van der Waals surface area contributed by atoms with Gasteiger partial charge in [-0.05, 0) is 99.2 Å². The molecule has 0 aromatic heterocycles. The Labute approximate surface area is 285 Å². The maximum absolute atomic E-state index is 15.9. The maximum atomic E-state index is 15.9. The van der Waals surface area contributed by atoms with E-state index in [1.54, 1.807) is 6.92 Å². The van der Waals surface area contributed by atoms with Crippen molar-refractivity contribution in [1.29, 1.82) is 0 Å². The zero-order chi connectivity index (χ0) is 33.4. The van der Waals surface area contributed by atoms with E-state index in [2.05, 4.69) is 17.4 Å². The van der Waals surface area contributed by atoms with Gasteiger partial charge >= 0.3 is 12.1 Å². The van der Waals surface area contributed by atoms with Crippen LogP contribution in [0.5, 0.6) is 0 Å². The molecule has 3 aromatic rings. The average Bonchev–Trinajstić information content (AvgIpc) is 3.07. The van der Waals surface area contributed by atoms with Crippen molar-refractivity contribution in [2.75, 3.05) is 12.8 Å². The lowest BCUT2D eigenvalue weighted by Crippen LogP contribution is -2.52. The third kappa shape index (κ3) is 8.98. The molecule has 1 amide bonds. The van der Waals surface area contributed by atoms with Crippen molar-refractivity contribution < 1.29 is 28.2 Å². The van der Waals surface area contributed by atoms with Crippen molar-refractivity contribution in [3.63, 3.8) is 0 Å². The van der Waals surface area contributed by atoms with Crippen LogP contribution in [0.3, 0.4) is 0 Å². The first-order valence-corrected chi connectivity index (χ1v) is 19.7. The smallest absolute Gasteiger partial charge is 0.408 e. The molecule has 4 aliphatic carbocycles. The van der Waals surface area contributed by atoms with E-state index < -0.39 is 30.8 Å². The number of hydrogen-bond donors (Lipinski definition) is 1. The molecule has 4 bridgehead atoms. The number of hydrogen-bond acceptors (Lipinski definition) is 6. The first kappa shape index (κ1) is 34.5. The molecule has 7 rings (SSSR count). The lowest BCUT2D eigenvalue weighted by Gasteiger charge is -2.57. The molecule has 4 aliphatic rings. The molecule has 1 N–H and O–H groups in total. The van der Waals surface area contributed by atoms with Crippen LogP contribution >= 0.6 is 7.37 Å². The normalized spacial score (nSPS) is 25.1. The number of esters is 1. The van der Waals surface area contributed by atoms with Crippen molar-refractivity contribution in [2.45, 2.75) is 89.1 Å². The van der Waals surface area contributed by atoms with Gasteiger partial charge in [0.05, 0.1) is 18.1 Å². The van der Waals surface area contributed by atoms with Gasteiger partial charge in [-0.25, -0.2) is 4.79 Å². The molecule has 3 aromatic carbocycles. The van der Waals surface area contributed by atoms with Gasteiger partial charge in [0.25, 0.3) is 0 Å². The Morgan fingerprint density at radius 1 is 0.792 bits per heavy atom. The second-order valence-electron chi connectivity index (χ2n) is 14.3. The number of aryl methyl sites for hydroxylation is 1. The summed E-state index contributed by atoms with van der Waals surface area (Å²) in [6.07, 6.45) is 8.02. The van der Waals surface area contributed by atoms with Crippen molar-refractivity contribution in [1.82, 2.24) is 5.32 Å². The molecule has 3 atom stereocenters. The quantitative estimate of drug-likeness (QED) is 0.121. The molecule has 0 spiro atoms. The summed E-state index contributed by atoms with van der Waals surface area (Å²) in [5, 5.41) is 3.02. The molecule has 4 saturated carbocycles. The third-order valence-corrected chi connectivity index (χ3v) is 13.4. The highest BCUT2D eigenvalue weighted by atomic mass is 31.2. The molecule has 3 unspecified atom stereocenters. The topological polar surface area (TPSA) is 90.9 Å². The van der Waals surface area contributed by atoms with E-state index in [-0.39, 0.29) is 25.3 Å². The van der Waals surface area contributed by atoms with Gasteiger partial charge in [0, 0.05) is 12.6 Å². The number of carbonyl (C=O) groups is 2. The van der Waals surface area contributed by atoms with Crippen LogP contribution in [0.25, 0.3) is 0 Å². The summed E-state index contributed by atoms with van der Waals surface area (Å²) in [5.74, 6) is -0.130. The highest BCUT2D eigenvalue weighted by Crippen LogP contribution is 2.65. The lowest BCUT2D eigenvalue weighted by molar-refractivity contribution is -0.147. The number of benzene rings is 3. The fourth-order valence-corrected chi connectivity index (χ4v) is 11.8. The van der Waals surface area contributed by atoms with Crippen molar-refractivity contribution in [3.8, 4) is 0 Å². The fraction of sp³-hybridized carbons (Fsp3) is 0.500. The molecule has 48 heavy (non-hydrogen) atoms. The summed E-state index contributed by atoms with van der Waals surface area (Å²) in [5.41, 5.74) is 2.48. The fourth-order valence-electron chi connectivity index (χ4n) is 8.77. The van der Waals surface area contributed by atoms with Crippen LogP contribution in [-0.4, -0.2) is 36.2 Å². The Hall–Kier alpha value is -3.41. The largest absolute Gasteiger partial charge is 0.466 e. The molecule has 0 heterocycles. The van der Waals surface area contributed by atoms with Crippen LogP contribution in [0.2, 0.25) is 0 Å². The Morgan fingerprint density at radius 3 is 1.90 bits per heavy atom. The van der Waals surface area contributed by atoms with Crippen LogP contribution in [0.15, 0.2) is 91.0 Å². The Kier molecular flexibility index (Phi) is 11.4.